The first-order chi connectivity index (χ1) is 8.79. The first-order valence-corrected chi connectivity index (χ1v) is 7.40. The van der Waals surface area contributed by atoms with Crippen molar-refractivity contribution in [2.24, 2.45) is 5.92 Å². The van der Waals surface area contributed by atoms with Crippen LogP contribution in [-0.4, -0.2) is 60.1 Å². The number of hydrogen-bond acceptors (Lipinski definition) is 3. The van der Waals surface area contributed by atoms with E-state index in [2.05, 4.69) is 4.90 Å². The van der Waals surface area contributed by atoms with E-state index in [0.29, 0.717) is 12.5 Å². The highest BCUT2D eigenvalue weighted by Crippen LogP contribution is 2.16. The van der Waals surface area contributed by atoms with Gasteiger partial charge in [0.2, 0.25) is 5.91 Å². The molecule has 0 aromatic heterocycles. The Balaban J connectivity index is 1.75. The molecule has 2 aliphatic rings. The van der Waals surface area contributed by atoms with Crippen LogP contribution < -0.4 is 0 Å². The third-order valence-corrected chi connectivity index (χ3v) is 4.20. The zero-order valence-electron chi connectivity index (χ0n) is 11.3. The molecule has 1 N–H and O–H groups in total. The molecule has 1 amide bonds. The van der Waals surface area contributed by atoms with Crippen molar-refractivity contribution >= 4 is 5.91 Å². The molecule has 2 rings (SSSR count). The summed E-state index contributed by atoms with van der Waals surface area (Å²) >= 11 is 0. The lowest BCUT2D eigenvalue weighted by Gasteiger charge is -2.26. The van der Waals surface area contributed by atoms with E-state index in [4.69, 9.17) is 5.11 Å². The summed E-state index contributed by atoms with van der Waals surface area (Å²) in [6.07, 6.45) is 7.38. The number of aliphatic hydroxyl groups excluding tert-OH is 1. The van der Waals surface area contributed by atoms with E-state index in [1.807, 2.05) is 4.90 Å². The van der Waals surface area contributed by atoms with Crippen LogP contribution in [0.1, 0.15) is 38.5 Å². The van der Waals surface area contributed by atoms with Crippen LogP contribution in [0.3, 0.4) is 0 Å². The zero-order valence-corrected chi connectivity index (χ0v) is 11.3. The molecule has 18 heavy (non-hydrogen) atoms. The predicted molar refractivity (Wildman–Crippen MR) is 71.3 cm³/mol. The second kappa shape index (κ2) is 7.10. The van der Waals surface area contributed by atoms with E-state index >= 15 is 0 Å². The molecule has 0 aromatic rings. The molecule has 2 aliphatic heterocycles. The van der Waals surface area contributed by atoms with Gasteiger partial charge < -0.3 is 10.0 Å². The van der Waals surface area contributed by atoms with Crippen LogP contribution in [-0.2, 0) is 4.79 Å². The summed E-state index contributed by atoms with van der Waals surface area (Å²) in [6, 6.07) is 0. The Morgan fingerprint density at radius 2 is 1.72 bits per heavy atom. The Hall–Kier alpha value is -0.610. The van der Waals surface area contributed by atoms with Crippen LogP contribution in [0.25, 0.3) is 0 Å². The molecule has 0 aromatic carbocycles. The van der Waals surface area contributed by atoms with Crippen LogP contribution in [0, 0.1) is 5.92 Å². The molecular weight excluding hydrogens is 228 g/mol. The van der Waals surface area contributed by atoms with E-state index in [9.17, 15) is 4.79 Å². The highest BCUT2D eigenvalue weighted by molar-refractivity contribution is 5.78. The van der Waals surface area contributed by atoms with Gasteiger partial charge in [-0.3, -0.25) is 9.69 Å². The highest BCUT2D eigenvalue weighted by Gasteiger charge is 2.26. The zero-order chi connectivity index (χ0) is 12.8. The first kappa shape index (κ1) is 13.8. The maximum Gasteiger partial charge on any atom is 0.236 e. The van der Waals surface area contributed by atoms with Gasteiger partial charge in [0.05, 0.1) is 6.54 Å². The van der Waals surface area contributed by atoms with Crippen LogP contribution in [0.2, 0.25) is 0 Å². The Bertz CT molecular complexity index is 263. The van der Waals surface area contributed by atoms with E-state index in [1.165, 1.54) is 32.1 Å². The number of nitrogens with zero attached hydrogens (tertiary/aromatic N) is 2. The summed E-state index contributed by atoms with van der Waals surface area (Å²) in [5.41, 5.74) is 0. The van der Waals surface area contributed by atoms with Gasteiger partial charge in [-0.1, -0.05) is 19.3 Å². The topological polar surface area (TPSA) is 43.8 Å². The van der Waals surface area contributed by atoms with Gasteiger partial charge in [-0.05, 0) is 32.4 Å². The molecule has 0 spiro atoms. The molecule has 4 heteroatoms. The van der Waals surface area contributed by atoms with Crippen molar-refractivity contribution in [1.29, 1.82) is 0 Å². The van der Waals surface area contributed by atoms with Gasteiger partial charge in [-0.25, -0.2) is 0 Å². The van der Waals surface area contributed by atoms with Crippen molar-refractivity contribution in [3.05, 3.63) is 0 Å². The minimum absolute atomic E-state index is 0.216. The lowest BCUT2D eigenvalue weighted by atomic mass is 10.1. The van der Waals surface area contributed by atoms with E-state index in [-0.39, 0.29) is 12.5 Å². The Morgan fingerprint density at radius 1 is 1.06 bits per heavy atom. The van der Waals surface area contributed by atoms with Gasteiger partial charge in [-0.2, -0.15) is 0 Å². The minimum atomic E-state index is 0.216. The van der Waals surface area contributed by atoms with E-state index in [0.717, 1.165) is 32.6 Å². The second-order valence-corrected chi connectivity index (χ2v) is 5.72. The largest absolute Gasteiger partial charge is 0.396 e. The first-order valence-electron chi connectivity index (χ1n) is 7.40. The van der Waals surface area contributed by atoms with Crippen LogP contribution in [0.5, 0.6) is 0 Å². The lowest BCUT2D eigenvalue weighted by Crippen LogP contribution is -2.40. The summed E-state index contributed by atoms with van der Waals surface area (Å²) in [5.74, 6) is 0.563. The Morgan fingerprint density at radius 3 is 2.33 bits per heavy atom. The minimum Gasteiger partial charge on any atom is -0.396 e. The molecule has 104 valence electrons. The summed E-state index contributed by atoms with van der Waals surface area (Å²) in [7, 11) is 0. The van der Waals surface area contributed by atoms with Gasteiger partial charge in [0.1, 0.15) is 0 Å². The van der Waals surface area contributed by atoms with Crippen molar-refractivity contribution in [2.45, 2.75) is 38.5 Å². The monoisotopic (exact) mass is 254 g/mol. The fraction of sp³-hybridized carbons (Fsp3) is 0.929. The highest BCUT2D eigenvalue weighted by atomic mass is 16.3. The van der Waals surface area contributed by atoms with Crippen molar-refractivity contribution in [2.75, 3.05) is 39.3 Å². The van der Waals surface area contributed by atoms with Crippen LogP contribution in [0.15, 0.2) is 0 Å². The van der Waals surface area contributed by atoms with Crippen molar-refractivity contribution in [3.8, 4) is 0 Å². The molecule has 0 aliphatic carbocycles. The van der Waals surface area contributed by atoms with Gasteiger partial charge in [-0.15, -0.1) is 0 Å². The van der Waals surface area contributed by atoms with Crippen LogP contribution in [0.4, 0.5) is 0 Å². The summed E-state index contributed by atoms with van der Waals surface area (Å²) in [4.78, 5) is 16.4. The molecule has 2 heterocycles. The molecule has 4 nitrogen and oxygen atoms in total. The average Bonchev–Trinajstić information content (AvgIpc) is 2.81. The molecule has 1 atom stereocenters. The smallest absolute Gasteiger partial charge is 0.236 e. The number of carbonyl (C=O) groups is 1. The number of aliphatic hydroxyl groups is 1. The van der Waals surface area contributed by atoms with Crippen LogP contribution >= 0.6 is 0 Å². The van der Waals surface area contributed by atoms with Gasteiger partial charge in [0, 0.05) is 25.6 Å². The van der Waals surface area contributed by atoms with Crippen molar-refractivity contribution in [3.63, 3.8) is 0 Å². The maximum absolute atomic E-state index is 12.2. The quantitative estimate of drug-likeness (QED) is 0.820. The second-order valence-electron chi connectivity index (χ2n) is 5.72. The number of carbonyl (C=O) groups excluding carboxylic acids is 1. The van der Waals surface area contributed by atoms with Gasteiger partial charge in [0.15, 0.2) is 0 Å². The fourth-order valence-corrected chi connectivity index (χ4v) is 2.97. The molecule has 2 saturated heterocycles. The average molecular weight is 254 g/mol. The maximum atomic E-state index is 12.2. The normalized spacial score (nSPS) is 26.9. The third-order valence-electron chi connectivity index (χ3n) is 4.20. The van der Waals surface area contributed by atoms with E-state index < -0.39 is 0 Å². The lowest BCUT2D eigenvalue weighted by molar-refractivity contribution is -0.131. The molecular formula is C14H26N2O2. The summed E-state index contributed by atoms with van der Waals surface area (Å²) in [6.45, 7) is 4.53. The summed E-state index contributed by atoms with van der Waals surface area (Å²) in [5, 5.41) is 9.11. The van der Waals surface area contributed by atoms with E-state index in [1.54, 1.807) is 0 Å². The number of likely N-dealkylation sites (tertiary alicyclic amines) is 2. The fourth-order valence-electron chi connectivity index (χ4n) is 2.97. The number of rotatable bonds is 3. The van der Waals surface area contributed by atoms with Crippen molar-refractivity contribution < 1.29 is 9.90 Å². The summed E-state index contributed by atoms with van der Waals surface area (Å²) < 4.78 is 0. The molecule has 0 saturated carbocycles. The molecule has 2 fully saturated rings. The number of amides is 1. The van der Waals surface area contributed by atoms with Crippen molar-refractivity contribution in [1.82, 2.24) is 9.80 Å². The predicted octanol–water partition coefficient (Wildman–Crippen LogP) is 1.09. The molecule has 0 bridgehead atoms. The standard InChI is InChI=1S/C14H26N2O2/c17-12-13-6-9-16(10-13)14(18)11-15-7-4-2-1-3-5-8-15/h13,17H,1-12H2/t13-/m1/s1. The molecule has 0 unspecified atom stereocenters. The molecule has 0 radical (unpaired) electrons. The number of hydrogen-bond donors (Lipinski definition) is 1. The third kappa shape index (κ3) is 3.95. The van der Waals surface area contributed by atoms with Gasteiger partial charge >= 0.3 is 0 Å². The Kier molecular flexibility index (Phi) is 5.45. The Labute approximate surface area is 110 Å². The SMILES string of the molecule is O=C(CN1CCCCCCC1)N1CC[C@@H](CO)C1. The van der Waals surface area contributed by atoms with Gasteiger partial charge in [0.25, 0.3) is 0 Å².